The standard InChI is InChI=1S/C20H25N3O2.C2H2O4/c1-4-25-20(24)19-16(3)21-15(2)14-18(19)23-12-10-22(11-13-23)17-8-6-5-7-9-17;3-1(4)2(5)6/h5-9,14H,4,10-13H2,1-3H3;(H,3,4)(H,5,6). The number of aromatic nitrogens is 1. The summed E-state index contributed by atoms with van der Waals surface area (Å²) in [4.78, 5) is 39.7. The van der Waals surface area contributed by atoms with Crippen LogP contribution in [0.2, 0.25) is 0 Å². The Balaban J connectivity index is 0.000000501. The van der Waals surface area contributed by atoms with Gasteiger partial charge in [0.25, 0.3) is 0 Å². The lowest BCUT2D eigenvalue weighted by Gasteiger charge is -2.38. The highest BCUT2D eigenvalue weighted by atomic mass is 16.5. The van der Waals surface area contributed by atoms with Gasteiger partial charge in [-0.25, -0.2) is 14.4 Å². The van der Waals surface area contributed by atoms with Gasteiger partial charge < -0.3 is 24.7 Å². The lowest BCUT2D eigenvalue weighted by molar-refractivity contribution is -0.159. The molecular formula is C22H27N3O6. The number of hydrogen-bond donors (Lipinski definition) is 2. The minimum absolute atomic E-state index is 0.284. The van der Waals surface area contributed by atoms with Gasteiger partial charge in [-0.05, 0) is 39.0 Å². The number of rotatable bonds is 4. The first-order valence-corrected chi connectivity index (χ1v) is 9.91. The summed E-state index contributed by atoms with van der Waals surface area (Å²) in [7, 11) is 0. The zero-order chi connectivity index (χ0) is 23.0. The van der Waals surface area contributed by atoms with Gasteiger partial charge in [-0.1, -0.05) is 18.2 Å². The molecule has 0 amide bonds. The average Bonchev–Trinajstić information content (AvgIpc) is 2.74. The third-order valence-electron chi connectivity index (χ3n) is 4.71. The molecular weight excluding hydrogens is 402 g/mol. The average molecular weight is 429 g/mol. The number of benzene rings is 1. The maximum Gasteiger partial charge on any atom is 0.414 e. The van der Waals surface area contributed by atoms with E-state index in [1.165, 1.54) is 5.69 Å². The number of esters is 1. The van der Waals surface area contributed by atoms with E-state index in [0.29, 0.717) is 12.2 Å². The number of hydrogen-bond acceptors (Lipinski definition) is 7. The minimum Gasteiger partial charge on any atom is -0.473 e. The largest absolute Gasteiger partial charge is 0.473 e. The number of piperazine rings is 1. The molecule has 0 spiro atoms. The van der Waals surface area contributed by atoms with E-state index in [0.717, 1.165) is 43.3 Å². The van der Waals surface area contributed by atoms with Crippen molar-refractivity contribution >= 4 is 29.3 Å². The first kappa shape index (κ1) is 23.7. The number of carbonyl (C=O) groups excluding carboxylic acids is 1. The van der Waals surface area contributed by atoms with Crippen molar-refractivity contribution in [2.45, 2.75) is 20.8 Å². The van der Waals surface area contributed by atoms with Crippen LogP contribution in [0, 0.1) is 13.8 Å². The third kappa shape index (κ3) is 6.43. The SMILES string of the molecule is CCOC(=O)c1c(N2CCN(c3ccccc3)CC2)cc(C)nc1C.O=C(O)C(=O)O. The van der Waals surface area contributed by atoms with Crippen molar-refractivity contribution in [1.82, 2.24) is 4.98 Å². The molecule has 3 rings (SSSR count). The monoisotopic (exact) mass is 429 g/mol. The Morgan fingerprint density at radius 1 is 0.968 bits per heavy atom. The Morgan fingerprint density at radius 3 is 2.03 bits per heavy atom. The van der Waals surface area contributed by atoms with E-state index in [1.807, 2.05) is 32.9 Å². The quantitative estimate of drug-likeness (QED) is 0.557. The van der Waals surface area contributed by atoms with Crippen LogP contribution in [-0.2, 0) is 14.3 Å². The first-order chi connectivity index (χ1) is 14.7. The number of aliphatic carboxylic acids is 2. The van der Waals surface area contributed by atoms with Crippen LogP contribution in [0.5, 0.6) is 0 Å². The molecule has 0 atom stereocenters. The molecule has 2 N–H and O–H groups in total. The fourth-order valence-electron chi connectivity index (χ4n) is 3.36. The number of para-hydroxylation sites is 1. The van der Waals surface area contributed by atoms with Crippen molar-refractivity contribution in [1.29, 1.82) is 0 Å². The van der Waals surface area contributed by atoms with E-state index in [2.05, 4.69) is 39.0 Å². The Labute approximate surface area is 180 Å². The van der Waals surface area contributed by atoms with Crippen LogP contribution in [0.25, 0.3) is 0 Å². The normalized spacial score (nSPS) is 13.1. The fourth-order valence-corrected chi connectivity index (χ4v) is 3.36. The fraction of sp³-hybridized carbons (Fsp3) is 0.364. The van der Waals surface area contributed by atoms with E-state index in [1.54, 1.807) is 0 Å². The number of anilines is 2. The Bertz CT molecular complexity index is 912. The molecule has 0 saturated carbocycles. The zero-order valence-corrected chi connectivity index (χ0v) is 17.9. The summed E-state index contributed by atoms with van der Waals surface area (Å²) in [5, 5.41) is 14.8. The molecule has 1 aromatic heterocycles. The molecule has 9 heteroatoms. The molecule has 2 heterocycles. The van der Waals surface area contributed by atoms with Crippen molar-refractivity contribution in [2.24, 2.45) is 0 Å². The second kappa shape index (κ2) is 11.0. The molecule has 166 valence electrons. The molecule has 0 unspecified atom stereocenters. The molecule has 0 bridgehead atoms. The number of carbonyl (C=O) groups is 3. The molecule has 1 aliphatic heterocycles. The number of pyridine rings is 1. The van der Waals surface area contributed by atoms with Crippen LogP contribution >= 0.6 is 0 Å². The van der Waals surface area contributed by atoms with Gasteiger partial charge in [-0.15, -0.1) is 0 Å². The smallest absolute Gasteiger partial charge is 0.414 e. The lowest BCUT2D eigenvalue weighted by atomic mass is 10.1. The lowest BCUT2D eigenvalue weighted by Crippen LogP contribution is -2.47. The number of ether oxygens (including phenoxy) is 1. The second-order valence-electron chi connectivity index (χ2n) is 6.88. The van der Waals surface area contributed by atoms with Gasteiger partial charge >= 0.3 is 17.9 Å². The van der Waals surface area contributed by atoms with Gasteiger partial charge in [-0.2, -0.15) is 0 Å². The van der Waals surface area contributed by atoms with E-state index in [4.69, 9.17) is 24.5 Å². The summed E-state index contributed by atoms with van der Waals surface area (Å²) >= 11 is 0. The first-order valence-electron chi connectivity index (χ1n) is 9.91. The van der Waals surface area contributed by atoms with Crippen molar-refractivity contribution in [2.75, 3.05) is 42.6 Å². The zero-order valence-electron chi connectivity index (χ0n) is 17.9. The molecule has 1 aromatic carbocycles. The number of carboxylic acids is 2. The van der Waals surface area contributed by atoms with Crippen LogP contribution in [-0.4, -0.2) is 65.9 Å². The summed E-state index contributed by atoms with van der Waals surface area (Å²) < 4.78 is 5.25. The number of nitrogens with zero attached hydrogens (tertiary/aromatic N) is 3. The number of carboxylic acid groups (broad SMARTS) is 2. The summed E-state index contributed by atoms with van der Waals surface area (Å²) in [6.45, 7) is 9.61. The minimum atomic E-state index is -1.82. The van der Waals surface area contributed by atoms with Crippen molar-refractivity contribution in [3.63, 3.8) is 0 Å². The van der Waals surface area contributed by atoms with Gasteiger partial charge in [0, 0.05) is 37.6 Å². The molecule has 31 heavy (non-hydrogen) atoms. The highest BCUT2D eigenvalue weighted by Gasteiger charge is 2.25. The van der Waals surface area contributed by atoms with Crippen molar-refractivity contribution in [3.8, 4) is 0 Å². The van der Waals surface area contributed by atoms with Gasteiger partial charge in [0.15, 0.2) is 0 Å². The summed E-state index contributed by atoms with van der Waals surface area (Å²) in [5.41, 5.74) is 4.44. The van der Waals surface area contributed by atoms with Crippen LogP contribution in [0.15, 0.2) is 36.4 Å². The molecule has 2 aromatic rings. The topological polar surface area (TPSA) is 120 Å². The van der Waals surface area contributed by atoms with Crippen LogP contribution in [0.4, 0.5) is 11.4 Å². The number of aryl methyl sites for hydroxylation is 2. The van der Waals surface area contributed by atoms with E-state index >= 15 is 0 Å². The third-order valence-corrected chi connectivity index (χ3v) is 4.71. The Hall–Kier alpha value is -3.62. The van der Waals surface area contributed by atoms with Crippen LogP contribution in [0.1, 0.15) is 28.7 Å². The van der Waals surface area contributed by atoms with Gasteiger partial charge in [0.1, 0.15) is 5.56 Å². The molecule has 0 aliphatic carbocycles. The predicted octanol–water partition coefficient (Wildman–Crippen LogP) is 2.36. The predicted molar refractivity (Wildman–Crippen MR) is 116 cm³/mol. The van der Waals surface area contributed by atoms with Crippen molar-refractivity contribution < 1.29 is 29.3 Å². The molecule has 1 fully saturated rings. The second-order valence-corrected chi connectivity index (χ2v) is 6.88. The molecule has 1 aliphatic rings. The van der Waals surface area contributed by atoms with E-state index < -0.39 is 11.9 Å². The highest BCUT2D eigenvalue weighted by molar-refractivity contribution is 6.27. The molecule has 9 nitrogen and oxygen atoms in total. The van der Waals surface area contributed by atoms with Gasteiger partial charge in [0.05, 0.1) is 18.0 Å². The Morgan fingerprint density at radius 2 is 1.52 bits per heavy atom. The molecule has 0 radical (unpaired) electrons. The van der Waals surface area contributed by atoms with Crippen LogP contribution < -0.4 is 9.80 Å². The van der Waals surface area contributed by atoms with Crippen molar-refractivity contribution in [3.05, 3.63) is 53.3 Å². The summed E-state index contributed by atoms with van der Waals surface area (Å²) in [6, 6.07) is 12.4. The van der Waals surface area contributed by atoms with Gasteiger partial charge in [-0.3, -0.25) is 4.98 Å². The summed E-state index contributed by atoms with van der Waals surface area (Å²) in [6.07, 6.45) is 0. The molecule has 1 saturated heterocycles. The van der Waals surface area contributed by atoms with Gasteiger partial charge in [0.2, 0.25) is 0 Å². The van der Waals surface area contributed by atoms with Crippen LogP contribution in [0.3, 0.4) is 0 Å². The Kier molecular flexibility index (Phi) is 8.36. The maximum absolute atomic E-state index is 12.4. The summed E-state index contributed by atoms with van der Waals surface area (Å²) in [5.74, 6) is -3.93. The van der Waals surface area contributed by atoms with E-state index in [-0.39, 0.29) is 5.97 Å². The highest BCUT2D eigenvalue weighted by Crippen LogP contribution is 2.27. The van der Waals surface area contributed by atoms with E-state index in [9.17, 15) is 4.79 Å². The maximum atomic E-state index is 12.4.